The highest BCUT2D eigenvalue weighted by Crippen LogP contribution is 2.38. The van der Waals surface area contributed by atoms with Gasteiger partial charge in [-0.25, -0.2) is 5.43 Å². The highest BCUT2D eigenvalue weighted by Gasteiger charge is 2.17. The van der Waals surface area contributed by atoms with E-state index in [1.165, 1.54) is 39.7 Å². The molecule has 0 aliphatic heterocycles. The number of methoxy groups -OCH3 is 3. The number of hydrazone groups is 1. The molecule has 0 saturated heterocycles. The Bertz CT molecular complexity index is 1200. The summed E-state index contributed by atoms with van der Waals surface area (Å²) >= 11 is 12.1. The molecule has 1 aromatic heterocycles. The summed E-state index contributed by atoms with van der Waals surface area (Å²) in [6, 6.07) is 11.4. The fourth-order valence-corrected chi connectivity index (χ4v) is 3.44. The van der Waals surface area contributed by atoms with E-state index in [2.05, 4.69) is 15.8 Å². The lowest BCUT2D eigenvalue weighted by Crippen LogP contribution is -2.34. The van der Waals surface area contributed by atoms with Crippen LogP contribution < -0.4 is 25.0 Å². The molecule has 0 aliphatic rings. The molecule has 178 valence electrons. The predicted octanol–water partition coefficient (Wildman–Crippen LogP) is 4.16. The van der Waals surface area contributed by atoms with Crippen molar-refractivity contribution in [3.05, 3.63) is 63.8 Å². The number of hydrogen-bond acceptors (Lipinski definition) is 7. The number of carbonyl (C=O) groups excluding carboxylic acids is 2. The van der Waals surface area contributed by atoms with Crippen LogP contribution in [0.15, 0.2) is 52.0 Å². The largest absolute Gasteiger partial charge is 0.493 e. The molecule has 9 nitrogen and oxygen atoms in total. The third kappa shape index (κ3) is 6.00. The van der Waals surface area contributed by atoms with Crippen LogP contribution in [0.5, 0.6) is 17.2 Å². The van der Waals surface area contributed by atoms with Crippen LogP contribution in [0.3, 0.4) is 0 Å². The summed E-state index contributed by atoms with van der Waals surface area (Å²) in [5.41, 5.74) is 3.21. The van der Waals surface area contributed by atoms with Crippen LogP contribution in [0.2, 0.25) is 10.0 Å². The number of nitrogens with zero attached hydrogens (tertiary/aromatic N) is 1. The number of nitrogens with one attached hydrogen (secondary N) is 2. The van der Waals surface area contributed by atoms with Crippen molar-refractivity contribution in [1.82, 2.24) is 10.7 Å². The van der Waals surface area contributed by atoms with Crippen LogP contribution in [-0.4, -0.2) is 45.9 Å². The normalized spacial score (nSPS) is 10.7. The summed E-state index contributed by atoms with van der Waals surface area (Å²) in [5.74, 6) is 0.860. The lowest BCUT2D eigenvalue weighted by molar-refractivity contribution is -0.120. The molecule has 0 fully saturated rings. The molecule has 0 aliphatic carbocycles. The molecule has 2 aromatic carbocycles. The molecule has 0 atom stereocenters. The zero-order chi connectivity index (χ0) is 24.7. The van der Waals surface area contributed by atoms with Crippen LogP contribution in [0.4, 0.5) is 0 Å². The number of amides is 2. The summed E-state index contributed by atoms with van der Waals surface area (Å²) < 4.78 is 21.3. The van der Waals surface area contributed by atoms with Crippen LogP contribution in [0, 0.1) is 0 Å². The quantitative estimate of drug-likeness (QED) is 0.333. The Morgan fingerprint density at radius 1 is 1.00 bits per heavy atom. The topological polar surface area (TPSA) is 111 Å². The third-order valence-electron chi connectivity index (χ3n) is 4.54. The maximum Gasteiger partial charge on any atom is 0.259 e. The zero-order valence-corrected chi connectivity index (χ0v) is 20.0. The minimum atomic E-state index is -0.537. The minimum Gasteiger partial charge on any atom is -0.493 e. The first-order valence-electron chi connectivity index (χ1n) is 9.81. The number of ether oxygens (including phenoxy) is 3. The molecule has 0 spiro atoms. The van der Waals surface area contributed by atoms with Gasteiger partial charge in [-0.2, -0.15) is 5.10 Å². The molecule has 0 unspecified atom stereocenters. The fraction of sp³-hybridized carbons (Fsp3) is 0.174. The van der Waals surface area contributed by atoms with Gasteiger partial charge in [-0.05, 0) is 42.5 Å². The van der Waals surface area contributed by atoms with Gasteiger partial charge in [0.05, 0.1) is 39.1 Å². The van der Waals surface area contributed by atoms with Gasteiger partial charge < -0.3 is 23.9 Å². The molecular formula is C23H21Cl2N3O6. The molecule has 34 heavy (non-hydrogen) atoms. The summed E-state index contributed by atoms with van der Waals surface area (Å²) in [7, 11) is 4.34. The Morgan fingerprint density at radius 2 is 1.71 bits per heavy atom. The first kappa shape index (κ1) is 24.9. The number of rotatable bonds is 9. The third-order valence-corrected chi connectivity index (χ3v) is 5.09. The highest BCUT2D eigenvalue weighted by molar-refractivity contribution is 6.36. The van der Waals surface area contributed by atoms with E-state index in [0.29, 0.717) is 44.4 Å². The number of furan rings is 1. The summed E-state index contributed by atoms with van der Waals surface area (Å²) in [4.78, 5) is 24.5. The summed E-state index contributed by atoms with van der Waals surface area (Å²) in [5, 5.41) is 7.29. The van der Waals surface area contributed by atoms with Crippen molar-refractivity contribution in [1.29, 1.82) is 0 Å². The maximum atomic E-state index is 12.5. The fourth-order valence-electron chi connectivity index (χ4n) is 2.94. The number of benzene rings is 2. The Kier molecular flexibility index (Phi) is 8.39. The van der Waals surface area contributed by atoms with E-state index in [-0.39, 0.29) is 12.1 Å². The predicted molar refractivity (Wildman–Crippen MR) is 128 cm³/mol. The molecule has 0 bridgehead atoms. The molecule has 3 aromatic rings. The van der Waals surface area contributed by atoms with Crippen molar-refractivity contribution >= 4 is 41.2 Å². The van der Waals surface area contributed by atoms with Gasteiger partial charge in [-0.15, -0.1) is 0 Å². The van der Waals surface area contributed by atoms with E-state index >= 15 is 0 Å². The standard InChI is InChI=1S/C23H21Cl2N3O6/c1-31-19-8-13(9-20(32-2)22(19)33-3)23(30)26-12-21(29)28-27-11-15-5-7-18(34-15)16-6-4-14(24)10-17(16)25/h4-11H,12H2,1-3H3,(H,26,30)(H,28,29)/b27-11+. The first-order valence-corrected chi connectivity index (χ1v) is 10.6. The Morgan fingerprint density at radius 3 is 2.32 bits per heavy atom. The van der Waals surface area contributed by atoms with Crippen molar-refractivity contribution < 1.29 is 28.2 Å². The lowest BCUT2D eigenvalue weighted by atomic mass is 10.1. The monoisotopic (exact) mass is 505 g/mol. The van der Waals surface area contributed by atoms with Crippen molar-refractivity contribution in [2.75, 3.05) is 27.9 Å². The lowest BCUT2D eigenvalue weighted by Gasteiger charge is -2.14. The molecule has 0 saturated carbocycles. The van der Waals surface area contributed by atoms with Crippen molar-refractivity contribution in [2.24, 2.45) is 5.10 Å². The number of carbonyl (C=O) groups is 2. The van der Waals surface area contributed by atoms with Gasteiger partial charge in [0.2, 0.25) is 5.75 Å². The van der Waals surface area contributed by atoms with Crippen LogP contribution in [-0.2, 0) is 4.79 Å². The molecule has 2 N–H and O–H groups in total. The second-order valence-electron chi connectivity index (χ2n) is 6.72. The van der Waals surface area contributed by atoms with Crippen molar-refractivity contribution in [3.8, 4) is 28.6 Å². The second-order valence-corrected chi connectivity index (χ2v) is 7.56. The van der Waals surface area contributed by atoms with E-state index in [9.17, 15) is 9.59 Å². The Hall–Kier alpha value is -3.69. The van der Waals surface area contributed by atoms with Crippen LogP contribution >= 0.6 is 23.2 Å². The molecule has 11 heteroatoms. The second kappa shape index (κ2) is 11.4. The zero-order valence-electron chi connectivity index (χ0n) is 18.5. The molecule has 2 amide bonds. The van der Waals surface area contributed by atoms with E-state index in [4.69, 9.17) is 41.8 Å². The maximum absolute atomic E-state index is 12.5. The highest BCUT2D eigenvalue weighted by atomic mass is 35.5. The molecule has 0 radical (unpaired) electrons. The first-order chi connectivity index (χ1) is 16.4. The van der Waals surface area contributed by atoms with Gasteiger partial charge >= 0.3 is 0 Å². The van der Waals surface area contributed by atoms with Gasteiger partial charge in [-0.3, -0.25) is 9.59 Å². The van der Waals surface area contributed by atoms with Crippen molar-refractivity contribution in [2.45, 2.75) is 0 Å². The van der Waals surface area contributed by atoms with E-state index < -0.39 is 11.8 Å². The van der Waals surface area contributed by atoms with Crippen molar-refractivity contribution in [3.63, 3.8) is 0 Å². The summed E-state index contributed by atoms with van der Waals surface area (Å²) in [6.45, 7) is -0.309. The van der Waals surface area contributed by atoms with Gasteiger partial charge in [-0.1, -0.05) is 23.2 Å². The summed E-state index contributed by atoms with van der Waals surface area (Å²) in [6.07, 6.45) is 1.33. The van der Waals surface area contributed by atoms with Gasteiger partial charge in [0, 0.05) is 16.1 Å². The number of hydrogen-bond donors (Lipinski definition) is 2. The average Bonchev–Trinajstić information content (AvgIpc) is 3.29. The SMILES string of the molecule is COc1cc(C(=O)NCC(=O)N/N=C/c2ccc(-c3ccc(Cl)cc3Cl)o2)cc(OC)c1OC. The average molecular weight is 506 g/mol. The van der Waals surface area contributed by atoms with Gasteiger partial charge in [0.15, 0.2) is 11.5 Å². The van der Waals surface area contributed by atoms with E-state index in [1.807, 2.05) is 0 Å². The van der Waals surface area contributed by atoms with Gasteiger partial charge in [0.1, 0.15) is 11.5 Å². The van der Waals surface area contributed by atoms with Crippen LogP contribution in [0.25, 0.3) is 11.3 Å². The van der Waals surface area contributed by atoms with E-state index in [0.717, 1.165) is 0 Å². The Labute approximate surface area is 205 Å². The number of halogens is 2. The molecule has 3 rings (SSSR count). The molecular weight excluding hydrogens is 485 g/mol. The smallest absolute Gasteiger partial charge is 0.259 e. The van der Waals surface area contributed by atoms with E-state index in [1.54, 1.807) is 30.3 Å². The molecule has 1 heterocycles. The van der Waals surface area contributed by atoms with Gasteiger partial charge in [0.25, 0.3) is 11.8 Å². The Balaban J connectivity index is 1.56. The van der Waals surface area contributed by atoms with Crippen LogP contribution in [0.1, 0.15) is 16.1 Å². The minimum absolute atomic E-state index is 0.231.